The van der Waals surface area contributed by atoms with E-state index in [1.165, 1.54) is 14.2 Å². The van der Waals surface area contributed by atoms with E-state index in [9.17, 15) is 28.8 Å². The number of likely N-dealkylation sites (tertiary alicyclic amines) is 1. The van der Waals surface area contributed by atoms with Crippen LogP contribution in [0.25, 0.3) is 6.08 Å². The number of ketones is 3. The first-order valence-corrected chi connectivity index (χ1v) is 26.4. The van der Waals surface area contributed by atoms with Crippen molar-refractivity contribution in [2.75, 3.05) is 34.4 Å². The summed E-state index contributed by atoms with van der Waals surface area (Å²) in [5.74, 6) is -3.41. The van der Waals surface area contributed by atoms with Crippen molar-refractivity contribution in [3.63, 3.8) is 0 Å². The van der Waals surface area contributed by atoms with Crippen LogP contribution >= 0.6 is 0 Å². The molecule has 0 spiro atoms. The maximum Gasteiger partial charge on any atom is 0.737 e. The number of nitrogens with two attached hydrogens (primary N) is 1. The minimum absolute atomic E-state index is 0.00283. The van der Waals surface area contributed by atoms with E-state index in [0.717, 1.165) is 20.1 Å². The molecule has 1 aromatic heterocycles. The van der Waals surface area contributed by atoms with E-state index in [-0.39, 0.29) is 92.0 Å². The smallest absolute Gasteiger partial charge is 0.394 e. The van der Waals surface area contributed by atoms with E-state index < -0.39 is 54.6 Å². The highest BCUT2D eigenvalue weighted by Crippen LogP contribution is 2.36. The van der Waals surface area contributed by atoms with Gasteiger partial charge in [-0.15, -0.1) is 0 Å². The molecule has 8 unspecified atom stereocenters. The summed E-state index contributed by atoms with van der Waals surface area (Å²) in [7, 11) is 4.79. The number of fused-ring (bicyclic) bond motifs is 2. The van der Waals surface area contributed by atoms with Gasteiger partial charge in [0.2, 0.25) is 17.7 Å². The van der Waals surface area contributed by atoms with Crippen LogP contribution < -0.4 is 11.1 Å². The number of Topliss-reactive ketones (excluding diaryl/α,β-unsaturated/α-hetero) is 3. The molecule has 5 rings (SSSR count). The number of benzene rings is 1. The molecule has 0 bridgehead atoms. The van der Waals surface area contributed by atoms with Crippen LogP contribution in [0, 0.1) is 43.4 Å². The summed E-state index contributed by atoms with van der Waals surface area (Å²) in [6.07, 6.45) is 6.70. The van der Waals surface area contributed by atoms with Gasteiger partial charge in [0.15, 0.2) is 11.5 Å². The lowest BCUT2D eigenvalue weighted by atomic mass is 9.83. The second-order valence-electron chi connectivity index (χ2n) is 21.9. The van der Waals surface area contributed by atoms with Crippen LogP contribution in [0.15, 0.2) is 54.2 Å². The van der Waals surface area contributed by atoms with Crippen molar-refractivity contribution in [2.45, 2.75) is 163 Å². The molecular formula is C56H83BF2N6O8. The lowest BCUT2D eigenvalue weighted by Crippen LogP contribution is -2.54. The Morgan fingerprint density at radius 1 is 0.973 bits per heavy atom. The second kappa shape index (κ2) is 25.4. The van der Waals surface area contributed by atoms with Gasteiger partial charge in [-0.25, -0.2) is 0 Å². The first-order valence-electron chi connectivity index (χ1n) is 26.4. The Balaban J connectivity index is 1.20. The van der Waals surface area contributed by atoms with E-state index in [1.54, 1.807) is 68.8 Å². The molecule has 73 heavy (non-hydrogen) atoms. The van der Waals surface area contributed by atoms with Crippen LogP contribution in [0.5, 0.6) is 0 Å². The lowest BCUT2D eigenvalue weighted by Gasteiger charge is -2.41. The van der Waals surface area contributed by atoms with Gasteiger partial charge in [0.25, 0.3) is 0 Å². The minimum atomic E-state index is -4.12. The van der Waals surface area contributed by atoms with E-state index in [0.29, 0.717) is 61.4 Å². The Kier molecular flexibility index (Phi) is 20.5. The van der Waals surface area contributed by atoms with Crippen LogP contribution in [-0.2, 0) is 44.7 Å². The summed E-state index contributed by atoms with van der Waals surface area (Å²) in [4.78, 5) is 86.4. The Morgan fingerprint density at radius 3 is 2.27 bits per heavy atom. The maximum atomic E-state index is 15.9. The number of rotatable bonds is 28. The first-order chi connectivity index (χ1) is 34.4. The van der Waals surface area contributed by atoms with E-state index in [4.69, 9.17) is 15.2 Å². The normalized spacial score (nSPS) is 19.1. The number of carbonyl (C=O) groups excluding carboxylic acids is 6. The predicted octanol–water partition coefficient (Wildman–Crippen LogP) is 7.66. The second-order valence-corrected chi connectivity index (χ2v) is 21.9. The first kappa shape index (κ1) is 58.8. The molecule has 3 N–H and O–H groups in total. The van der Waals surface area contributed by atoms with Gasteiger partial charge < -0.3 is 47.9 Å². The number of carbonyl (C=O) groups is 6. The van der Waals surface area contributed by atoms with E-state index in [1.807, 2.05) is 65.0 Å². The number of halogens is 2. The predicted molar refractivity (Wildman–Crippen MR) is 282 cm³/mol. The topological polar surface area (TPSA) is 173 Å². The number of ether oxygens (including phenoxy) is 2. The molecule has 1 fully saturated rings. The molecule has 0 radical (unpaired) electrons. The molecule has 2 aromatic rings. The summed E-state index contributed by atoms with van der Waals surface area (Å²) in [6.45, 7) is 12.9. The zero-order valence-corrected chi connectivity index (χ0v) is 45.6. The summed E-state index contributed by atoms with van der Waals surface area (Å²) in [5, 5.41) is 2.95. The molecule has 14 nitrogen and oxygen atoms in total. The number of hydrogen-bond donors (Lipinski definition) is 2. The molecule has 0 saturated carbocycles. The number of likely N-dealkylation sites (N-methyl/N-ethyl adjacent to an activating group) is 1. The Bertz CT molecular complexity index is 2410. The number of allylic oxidation sites excluding steroid dienone is 2. The number of methoxy groups -OCH3 is 2. The van der Waals surface area contributed by atoms with Crippen LogP contribution in [0.4, 0.5) is 8.63 Å². The Hall–Kier alpha value is -5.13. The number of aryl methyl sites for hydroxylation is 2. The molecule has 4 heterocycles. The highest BCUT2D eigenvalue weighted by Gasteiger charge is 2.52. The van der Waals surface area contributed by atoms with Gasteiger partial charge in [-0.3, -0.25) is 28.8 Å². The van der Waals surface area contributed by atoms with Crippen molar-refractivity contribution in [3.8, 4) is 0 Å². The molecule has 402 valence electrons. The van der Waals surface area contributed by atoms with E-state index in [2.05, 4.69) is 5.32 Å². The molecule has 8 atom stereocenters. The summed E-state index contributed by atoms with van der Waals surface area (Å²) in [6, 6.07) is 10.3. The largest absolute Gasteiger partial charge is 0.737 e. The lowest BCUT2D eigenvalue weighted by molar-refractivity contribution is -0.362. The third-order valence-electron chi connectivity index (χ3n) is 15.7. The van der Waals surface area contributed by atoms with Gasteiger partial charge in [0.05, 0.1) is 36.3 Å². The average Bonchev–Trinajstić information content (AvgIpc) is 4.08. The number of nitrogens with one attached hydrogen (secondary N) is 1. The molecule has 3 aliphatic rings. The molecule has 3 aliphatic heterocycles. The highest BCUT2D eigenvalue weighted by atomic mass is 19.2. The van der Waals surface area contributed by atoms with Crippen molar-refractivity contribution in [3.05, 3.63) is 76.8 Å². The maximum absolute atomic E-state index is 15.9. The van der Waals surface area contributed by atoms with Crippen molar-refractivity contribution >= 4 is 53.8 Å². The standard InChI is InChI=1S/C56H83BF2N6O8/c1-13-36(4)52(62(10)55(71)45(35(2)3)33-50(68)56(8,9)60)49(72-11)34-51(69)63-28-18-22-46(63)53(73-12)39(7)48(67)31-41(30-40-19-15-14-16-20-40)54(70)61-27-17-21-44(66)26-25-42-23-24-43-32-47-37(5)29-38(6)64(47)57(58,59)65(42)43/h14-16,19-20,23-24,29,32,35-36,39,41,45-46,49,52-53H,13,17-18,21-22,25-28,30-31,33-34,60H2,1-12H3,(H,61,70). The highest BCUT2D eigenvalue weighted by molar-refractivity contribution is 6.58. The van der Waals surface area contributed by atoms with Crippen molar-refractivity contribution in [1.29, 1.82) is 0 Å². The Morgan fingerprint density at radius 2 is 1.66 bits per heavy atom. The number of amides is 3. The van der Waals surface area contributed by atoms with Gasteiger partial charge in [0, 0.05) is 108 Å². The quantitative estimate of drug-likeness (QED) is 0.0641. The van der Waals surface area contributed by atoms with Crippen molar-refractivity contribution in [1.82, 2.24) is 19.6 Å². The molecule has 1 saturated heterocycles. The average molecular weight is 1020 g/mol. The Labute approximate surface area is 432 Å². The van der Waals surface area contributed by atoms with Gasteiger partial charge in [-0.2, -0.15) is 0 Å². The SMILES string of the molecule is CCC(C)C(C(CC(=O)N1CCCC1C(OC)C(C)C(=O)CC(Cc1ccccc1)C(=O)NCCCC(=O)CCC1=[N+]2C(=Cc3c(C)cc(C)n3[B-]2(F)F)C=C1)OC)N(C)C(=O)C(CC(=O)C(C)(C)N)C(C)C. The molecule has 3 amide bonds. The molecular weight excluding hydrogens is 933 g/mol. The zero-order valence-electron chi connectivity index (χ0n) is 45.6. The van der Waals surface area contributed by atoms with Crippen molar-refractivity contribution in [2.24, 2.45) is 35.3 Å². The number of hydrogen-bond acceptors (Lipinski definition) is 9. The summed E-state index contributed by atoms with van der Waals surface area (Å²) >= 11 is 0. The van der Waals surface area contributed by atoms with Gasteiger partial charge in [0.1, 0.15) is 17.3 Å². The van der Waals surface area contributed by atoms with E-state index >= 15 is 8.63 Å². The summed E-state index contributed by atoms with van der Waals surface area (Å²) < 4.78 is 46.1. The van der Waals surface area contributed by atoms with Crippen LogP contribution in [0.2, 0.25) is 0 Å². The van der Waals surface area contributed by atoms with Crippen LogP contribution in [0.3, 0.4) is 0 Å². The molecule has 0 aliphatic carbocycles. The monoisotopic (exact) mass is 1020 g/mol. The third-order valence-corrected chi connectivity index (χ3v) is 15.7. The van der Waals surface area contributed by atoms with Gasteiger partial charge in [-0.05, 0) is 88.1 Å². The molecule has 1 aromatic carbocycles. The van der Waals surface area contributed by atoms with Crippen LogP contribution in [-0.4, -0.2) is 131 Å². The van der Waals surface area contributed by atoms with Gasteiger partial charge >= 0.3 is 6.97 Å². The fourth-order valence-electron chi connectivity index (χ4n) is 11.2. The third kappa shape index (κ3) is 14.0. The number of nitrogens with zero attached hydrogens (tertiary/aromatic N) is 4. The molecule has 17 heteroatoms. The zero-order chi connectivity index (χ0) is 54.1. The fourth-order valence-corrected chi connectivity index (χ4v) is 11.2. The van der Waals surface area contributed by atoms with Crippen LogP contribution in [0.1, 0.15) is 135 Å². The number of aromatic nitrogens is 1. The van der Waals surface area contributed by atoms with Crippen molar-refractivity contribution < 1.29 is 51.4 Å². The fraction of sp³-hybridized carbons (Fsp3) is 0.625. The summed E-state index contributed by atoms with van der Waals surface area (Å²) in [5.41, 5.74) is 8.48. The minimum Gasteiger partial charge on any atom is -0.394 e. The van der Waals surface area contributed by atoms with Gasteiger partial charge in [-0.1, -0.05) is 71.4 Å².